The van der Waals surface area contributed by atoms with Crippen molar-refractivity contribution in [2.24, 2.45) is 0 Å². The van der Waals surface area contributed by atoms with Crippen LogP contribution in [0.5, 0.6) is 0 Å². The molecule has 0 amide bonds. The molecule has 23 heavy (non-hydrogen) atoms. The van der Waals surface area contributed by atoms with Gasteiger partial charge in [0.2, 0.25) is 0 Å². The summed E-state index contributed by atoms with van der Waals surface area (Å²) < 4.78 is 0. The predicted molar refractivity (Wildman–Crippen MR) is 88.3 cm³/mol. The summed E-state index contributed by atoms with van der Waals surface area (Å²) in [7, 11) is 0. The van der Waals surface area contributed by atoms with Gasteiger partial charge >= 0.3 is 0 Å². The Bertz CT molecular complexity index is 698. The maximum absolute atomic E-state index is 12.0. The Labute approximate surface area is 135 Å². The summed E-state index contributed by atoms with van der Waals surface area (Å²) in [5, 5.41) is 6.65. The molecule has 4 rings (SSSR count). The van der Waals surface area contributed by atoms with E-state index in [1.54, 1.807) is 12.2 Å². The van der Waals surface area contributed by atoms with Gasteiger partial charge < -0.3 is 10.6 Å². The first kappa shape index (κ1) is 14.0. The molecule has 0 saturated carbocycles. The summed E-state index contributed by atoms with van der Waals surface area (Å²) in [6, 6.07) is -0.455. The summed E-state index contributed by atoms with van der Waals surface area (Å²) in [6.45, 7) is 0. The van der Waals surface area contributed by atoms with Gasteiger partial charge in [-0.05, 0) is 48.3 Å². The van der Waals surface area contributed by atoms with Gasteiger partial charge in [0.25, 0.3) is 0 Å². The van der Waals surface area contributed by atoms with E-state index in [1.807, 2.05) is 36.5 Å². The molecule has 0 aromatic carbocycles. The number of dihydropyridines is 2. The minimum Gasteiger partial charge on any atom is -0.375 e. The van der Waals surface area contributed by atoms with Gasteiger partial charge in [0.1, 0.15) is 12.1 Å². The minimum absolute atomic E-state index is 0.105. The third-order valence-corrected chi connectivity index (χ3v) is 4.62. The first-order valence-corrected chi connectivity index (χ1v) is 7.94. The lowest BCUT2D eigenvalue weighted by atomic mass is 9.89. The SMILES string of the molecule is O=C1C=CCC2=CC=C(CC3=CC=C4CC=CC(=O)C4N3)NC12. The van der Waals surface area contributed by atoms with Crippen molar-refractivity contribution < 1.29 is 9.59 Å². The largest absolute Gasteiger partial charge is 0.375 e. The molecule has 2 N–H and O–H groups in total. The van der Waals surface area contributed by atoms with Gasteiger partial charge in [-0.3, -0.25) is 9.59 Å². The lowest BCUT2D eigenvalue weighted by molar-refractivity contribution is -0.116. The zero-order valence-electron chi connectivity index (χ0n) is 12.7. The number of hydrogen-bond donors (Lipinski definition) is 2. The first-order valence-electron chi connectivity index (χ1n) is 7.94. The van der Waals surface area contributed by atoms with Crippen LogP contribution in [-0.2, 0) is 9.59 Å². The predicted octanol–water partition coefficient (Wildman–Crippen LogP) is 2.00. The number of carbonyl (C=O) groups excluding carboxylic acids is 2. The summed E-state index contributed by atoms with van der Waals surface area (Å²) in [5.41, 5.74) is 4.22. The average molecular weight is 306 g/mol. The average Bonchev–Trinajstić information content (AvgIpc) is 2.56. The topological polar surface area (TPSA) is 58.2 Å². The zero-order valence-corrected chi connectivity index (χ0v) is 12.7. The molecule has 0 fully saturated rings. The summed E-state index contributed by atoms with van der Waals surface area (Å²) >= 11 is 0. The number of allylic oxidation sites excluding steroid dienone is 6. The van der Waals surface area contributed by atoms with Crippen LogP contribution in [0.4, 0.5) is 0 Å². The number of hydrogen-bond acceptors (Lipinski definition) is 4. The standard InChI is InChI=1S/C19H18N2O2/c22-16-5-1-3-12-7-9-14(20-18(12)16)11-15-10-8-13-4-2-6-17(23)19(13)21-15/h1-2,5-10,18-21H,3-4,11H2. The molecule has 0 aromatic rings. The maximum atomic E-state index is 12.0. The van der Waals surface area contributed by atoms with Crippen LogP contribution in [0.1, 0.15) is 19.3 Å². The monoisotopic (exact) mass is 306 g/mol. The van der Waals surface area contributed by atoms with Crippen molar-refractivity contribution in [3.63, 3.8) is 0 Å². The molecule has 116 valence electrons. The molecule has 4 aliphatic rings. The van der Waals surface area contributed by atoms with Crippen LogP contribution >= 0.6 is 0 Å². The van der Waals surface area contributed by atoms with E-state index in [0.29, 0.717) is 6.42 Å². The molecule has 0 radical (unpaired) electrons. The van der Waals surface area contributed by atoms with Crippen LogP contribution in [0.2, 0.25) is 0 Å². The molecule has 2 atom stereocenters. The highest BCUT2D eigenvalue weighted by atomic mass is 16.1. The zero-order chi connectivity index (χ0) is 15.8. The molecule has 0 bridgehead atoms. The molecule has 2 aliphatic heterocycles. The van der Waals surface area contributed by atoms with E-state index in [1.165, 1.54) is 0 Å². The van der Waals surface area contributed by atoms with E-state index in [0.717, 1.165) is 35.4 Å². The quantitative estimate of drug-likeness (QED) is 0.819. The second kappa shape index (κ2) is 5.54. The van der Waals surface area contributed by atoms with Gasteiger partial charge in [0.05, 0.1) is 0 Å². The van der Waals surface area contributed by atoms with Gasteiger partial charge in [-0.1, -0.05) is 24.3 Å². The van der Waals surface area contributed by atoms with Gasteiger partial charge in [0, 0.05) is 17.8 Å². The highest BCUT2D eigenvalue weighted by Crippen LogP contribution is 2.26. The molecule has 0 aromatic heterocycles. The third kappa shape index (κ3) is 2.61. The van der Waals surface area contributed by atoms with Crippen molar-refractivity contribution in [2.75, 3.05) is 0 Å². The number of rotatable bonds is 2. The second-order valence-corrected chi connectivity index (χ2v) is 6.22. The van der Waals surface area contributed by atoms with Crippen LogP contribution < -0.4 is 10.6 Å². The first-order chi connectivity index (χ1) is 11.2. The molecule has 0 spiro atoms. The van der Waals surface area contributed by atoms with Gasteiger partial charge in [-0.15, -0.1) is 0 Å². The van der Waals surface area contributed by atoms with Gasteiger partial charge in [0.15, 0.2) is 11.6 Å². The number of nitrogens with one attached hydrogen (secondary N) is 2. The van der Waals surface area contributed by atoms with E-state index >= 15 is 0 Å². The fraction of sp³-hybridized carbons (Fsp3) is 0.263. The van der Waals surface area contributed by atoms with E-state index in [-0.39, 0.29) is 23.7 Å². The lowest BCUT2D eigenvalue weighted by Crippen LogP contribution is -2.42. The number of carbonyl (C=O) groups is 2. The van der Waals surface area contributed by atoms with Crippen molar-refractivity contribution in [1.29, 1.82) is 0 Å². The number of fused-ring (bicyclic) bond motifs is 2. The molecular weight excluding hydrogens is 288 g/mol. The Balaban J connectivity index is 1.50. The van der Waals surface area contributed by atoms with Crippen molar-refractivity contribution in [3.05, 3.63) is 71.1 Å². The molecule has 4 heteroatoms. The summed E-state index contributed by atoms with van der Waals surface area (Å²) in [6.07, 6.45) is 17.6. The number of ketones is 2. The van der Waals surface area contributed by atoms with E-state index in [4.69, 9.17) is 0 Å². The van der Waals surface area contributed by atoms with Crippen molar-refractivity contribution in [1.82, 2.24) is 10.6 Å². The van der Waals surface area contributed by atoms with E-state index < -0.39 is 0 Å². The highest BCUT2D eigenvalue weighted by Gasteiger charge is 2.28. The Hall–Kier alpha value is -2.62. The fourth-order valence-electron chi connectivity index (χ4n) is 3.38. The molecule has 2 aliphatic carbocycles. The summed E-state index contributed by atoms with van der Waals surface area (Å²) in [5.74, 6) is 0.210. The molecule has 2 unspecified atom stereocenters. The fourth-order valence-corrected chi connectivity index (χ4v) is 3.38. The molecule has 2 heterocycles. The van der Waals surface area contributed by atoms with Gasteiger partial charge in [-0.25, -0.2) is 0 Å². The van der Waals surface area contributed by atoms with Crippen molar-refractivity contribution in [2.45, 2.75) is 31.3 Å². The highest BCUT2D eigenvalue weighted by molar-refractivity contribution is 5.99. The second-order valence-electron chi connectivity index (χ2n) is 6.22. The van der Waals surface area contributed by atoms with Gasteiger partial charge in [-0.2, -0.15) is 0 Å². The van der Waals surface area contributed by atoms with Crippen LogP contribution in [0.25, 0.3) is 0 Å². The third-order valence-electron chi connectivity index (χ3n) is 4.62. The Morgan fingerprint density at radius 1 is 0.783 bits per heavy atom. The van der Waals surface area contributed by atoms with Crippen LogP contribution in [-0.4, -0.2) is 23.7 Å². The molecule has 4 nitrogen and oxygen atoms in total. The van der Waals surface area contributed by atoms with Crippen molar-refractivity contribution in [3.8, 4) is 0 Å². The minimum atomic E-state index is -0.227. The molecule has 0 saturated heterocycles. The Morgan fingerprint density at radius 2 is 1.26 bits per heavy atom. The van der Waals surface area contributed by atoms with Crippen LogP contribution in [0.15, 0.2) is 71.1 Å². The van der Waals surface area contributed by atoms with E-state index in [9.17, 15) is 9.59 Å². The van der Waals surface area contributed by atoms with Crippen molar-refractivity contribution >= 4 is 11.6 Å². The Kier molecular flexibility index (Phi) is 3.37. The normalized spacial score (nSPS) is 28.5. The van der Waals surface area contributed by atoms with Crippen LogP contribution in [0, 0.1) is 0 Å². The van der Waals surface area contributed by atoms with Crippen LogP contribution in [0.3, 0.4) is 0 Å². The summed E-state index contributed by atoms with van der Waals surface area (Å²) in [4.78, 5) is 24.0. The lowest BCUT2D eigenvalue weighted by Gasteiger charge is -2.30. The molecular formula is C19H18N2O2. The smallest absolute Gasteiger partial charge is 0.181 e. The van der Waals surface area contributed by atoms with E-state index in [2.05, 4.69) is 10.6 Å². The Morgan fingerprint density at radius 3 is 1.74 bits per heavy atom. The maximum Gasteiger partial charge on any atom is 0.181 e.